The van der Waals surface area contributed by atoms with Crippen molar-refractivity contribution < 1.29 is 9.18 Å². The number of fused-ring (bicyclic) bond motifs is 1. The SMILES string of the molecule is O=C(CCCc1c(-c2ccccn2)[nH]c2ccc(F)cc12)NNc1ccccc1. The van der Waals surface area contributed by atoms with Gasteiger partial charge in [-0.25, -0.2) is 4.39 Å². The summed E-state index contributed by atoms with van der Waals surface area (Å²) >= 11 is 0. The smallest absolute Gasteiger partial charge is 0.238 e. The van der Waals surface area contributed by atoms with Crippen molar-refractivity contribution in [3.05, 3.63) is 84.3 Å². The van der Waals surface area contributed by atoms with Crippen molar-refractivity contribution in [2.45, 2.75) is 19.3 Å². The molecule has 4 aromatic rings. The summed E-state index contributed by atoms with van der Waals surface area (Å²) in [6, 6.07) is 19.8. The van der Waals surface area contributed by atoms with Crippen LogP contribution in [0.1, 0.15) is 18.4 Å². The molecule has 0 spiro atoms. The first kappa shape index (κ1) is 18.7. The van der Waals surface area contributed by atoms with Gasteiger partial charge in [0.15, 0.2) is 0 Å². The molecule has 0 atom stereocenters. The number of pyridine rings is 1. The number of aromatic amines is 1. The van der Waals surface area contributed by atoms with E-state index in [2.05, 4.69) is 20.8 Å². The lowest BCUT2D eigenvalue weighted by molar-refractivity contribution is -0.120. The van der Waals surface area contributed by atoms with Crippen LogP contribution in [0.15, 0.2) is 72.9 Å². The van der Waals surface area contributed by atoms with Gasteiger partial charge in [0.05, 0.1) is 17.1 Å². The molecule has 0 radical (unpaired) electrons. The minimum absolute atomic E-state index is 0.0979. The van der Waals surface area contributed by atoms with Gasteiger partial charge < -0.3 is 4.98 Å². The topological polar surface area (TPSA) is 69.8 Å². The summed E-state index contributed by atoms with van der Waals surface area (Å²) in [5.74, 6) is -0.380. The molecule has 5 nitrogen and oxygen atoms in total. The van der Waals surface area contributed by atoms with E-state index < -0.39 is 0 Å². The van der Waals surface area contributed by atoms with Gasteiger partial charge >= 0.3 is 0 Å². The molecule has 2 aromatic heterocycles. The monoisotopic (exact) mass is 388 g/mol. The van der Waals surface area contributed by atoms with Crippen LogP contribution >= 0.6 is 0 Å². The van der Waals surface area contributed by atoms with E-state index in [0.717, 1.165) is 33.5 Å². The number of hydrogen-bond donors (Lipinski definition) is 3. The summed E-state index contributed by atoms with van der Waals surface area (Å²) in [5.41, 5.74) is 9.93. The molecule has 0 bridgehead atoms. The maximum atomic E-state index is 13.8. The lowest BCUT2D eigenvalue weighted by Crippen LogP contribution is -2.29. The molecule has 0 aliphatic rings. The Morgan fingerprint density at radius 3 is 2.66 bits per heavy atom. The highest BCUT2D eigenvalue weighted by Crippen LogP contribution is 2.31. The average molecular weight is 388 g/mol. The highest BCUT2D eigenvalue weighted by atomic mass is 19.1. The number of hydrazine groups is 1. The Morgan fingerprint density at radius 1 is 1.03 bits per heavy atom. The number of hydrogen-bond acceptors (Lipinski definition) is 3. The predicted octanol–water partition coefficient (Wildman–Crippen LogP) is 4.84. The van der Waals surface area contributed by atoms with Gasteiger partial charge in [-0.1, -0.05) is 24.3 Å². The number of nitrogens with one attached hydrogen (secondary N) is 3. The number of benzene rings is 2. The zero-order valence-electron chi connectivity index (χ0n) is 15.8. The number of H-pyrrole nitrogens is 1. The number of carbonyl (C=O) groups is 1. The minimum atomic E-state index is -0.282. The summed E-state index contributed by atoms with van der Waals surface area (Å²) < 4.78 is 13.8. The fourth-order valence-electron chi connectivity index (χ4n) is 3.36. The summed E-state index contributed by atoms with van der Waals surface area (Å²) in [7, 11) is 0. The number of aryl methyl sites for hydroxylation is 1. The lowest BCUT2D eigenvalue weighted by Gasteiger charge is -2.09. The Labute approximate surface area is 168 Å². The molecule has 2 aromatic carbocycles. The summed E-state index contributed by atoms with van der Waals surface area (Å²) in [6.45, 7) is 0. The molecule has 1 amide bonds. The third-order valence-electron chi connectivity index (χ3n) is 4.74. The normalized spacial score (nSPS) is 10.8. The van der Waals surface area contributed by atoms with Crippen LogP contribution in [0.25, 0.3) is 22.3 Å². The Kier molecular flexibility index (Phi) is 5.52. The van der Waals surface area contributed by atoms with Crippen LogP contribution in [-0.2, 0) is 11.2 Å². The van der Waals surface area contributed by atoms with Crippen molar-refractivity contribution >= 4 is 22.5 Å². The van der Waals surface area contributed by atoms with Crippen molar-refractivity contribution in [2.75, 3.05) is 5.43 Å². The van der Waals surface area contributed by atoms with Gasteiger partial charge in [0.25, 0.3) is 0 Å². The molecule has 0 fully saturated rings. The molecule has 146 valence electrons. The zero-order chi connectivity index (χ0) is 20.1. The molecule has 29 heavy (non-hydrogen) atoms. The first-order valence-corrected chi connectivity index (χ1v) is 9.52. The number of anilines is 1. The van der Waals surface area contributed by atoms with Crippen molar-refractivity contribution in [3.8, 4) is 11.4 Å². The number of para-hydroxylation sites is 1. The molecule has 3 N–H and O–H groups in total. The minimum Gasteiger partial charge on any atom is -0.353 e. The van der Waals surface area contributed by atoms with E-state index in [1.807, 2.05) is 48.5 Å². The van der Waals surface area contributed by atoms with Crippen LogP contribution in [0.2, 0.25) is 0 Å². The summed E-state index contributed by atoms with van der Waals surface area (Å²) in [4.78, 5) is 19.9. The van der Waals surface area contributed by atoms with Gasteiger partial charge in [-0.3, -0.25) is 20.6 Å². The van der Waals surface area contributed by atoms with Crippen LogP contribution in [0.5, 0.6) is 0 Å². The van der Waals surface area contributed by atoms with E-state index in [-0.39, 0.29) is 11.7 Å². The Morgan fingerprint density at radius 2 is 1.86 bits per heavy atom. The first-order valence-electron chi connectivity index (χ1n) is 9.52. The number of aromatic nitrogens is 2. The highest BCUT2D eigenvalue weighted by Gasteiger charge is 2.15. The molecular weight excluding hydrogens is 367 g/mol. The number of halogens is 1. The molecule has 6 heteroatoms. The Hall–Kier alpha value is -3.67. The second-order valence-electron chi connectivity index (χ2n) is 6.78. The molecule has 0 saturated heterocycles. The zero-order valence-corrected chi connectivity index (χ0v) is 15.8. The van der Waals surface area contributed by atoms with E-state index in [1.54, 1.807) is 12.3 Å². The largest absolute Gasteiger partial charge is 0.353 e. The van der Waals surface area contributed by atoms with Crippen LogP contribution in [0.4, 0.5) is 10.1 Å². The van der Waals surface area contributed by atoms with Crippen LogP contribution in [-0.4, -0.2) is 15.9 Å². The lowest BCUT2D eigenvalue weighted by atomic mass is 10.0. The van der Waals surface area contributed by atoms with Gasteiger partial charge in [-0.2, -0.15) is 0 Å². The molecule has 0 aliphatic carbocycles. The van der Waals surface area contributed by atoms with Crippen molar-refractivity contribution in [1.82, 2.24) is 15.4 Å². The average Bonchev–Trinajstić information content (AvgIpc) is 3.11. The quantitative estimate of drug-likeness (QED) is 0.397. The summed E-state index contributed by atoms with van der Waals surface area (Å²) in [5, 5.41) is 0.827. The summed E-state index contributed by atoms with van der Waals surface area (Å²) in [6.07, 6.45) is 3.34. The van der Waals surface area contributed by atoms with E-state index in [1.165, 1.54) is 12.1 Å². The van der Waals surface area contributed by atoms with E-state index in [0.29, 0.717) is 19.3 Å². The van der Waals surface area contributed by atoms with Gasteiger partial charge in [0, 0.05) is 23.5 Å². The van der Waals surface area contributed by atoms with Crippen LogP contribution in [0.3, 0.4) is 0 Å². The van der Waals surface area contributed by atoms with Crippen molar-refractivity contribution in [2.24, 2.45) is 0 Å². The third-order valence-corrected chi connectivity index (χ3v) is 4.74. The molecule has 0 saturated carbocycles. The van der Waals surface area contributed by atoms with E-state index in [4.69, 9.17) is 0 Å². The maximum absolute atomic E-state index is 13.8. The number of amides is 1. The number of nitrogens with zero attached hydrogens (tertiary/aromatic N) is 1. The van der Waals surface area contributed by atoms with Gasteiger partial charge in [0.2, 0.25) is 5.91 Å². The van der Waals surface area contributed by atoms with Gasteiger partial charge in [0.1, 0.15) is 5.82 Å². The fourth-order valence-corrected chi connectivity index (χ4v) is 3.36. The maximum Gasteiger partial charge on any atom is 0.238 e. The Bertz CT molecular complexity index is 1110. The molecule has 2 heterocycles. The van der Waals surface area contributed by atoms with E-state index >= 15 is 0 Å². The molecular formula is C23H21FN4O. The Balaban J connectivity index is 1.47. The van der Waals surface area contributed by atoms with Crippen LogP contribution < -0.4 is 10.9 Å². The molecule has 4 rings (SSSR count). The highest BCUT2D eigenvalue weighted by molar-refractivity contribution is 5.90. The molecule has 0 aliphatic heterocycles. The molecule has 0 unspecified atom stereocenters. The van der Waals surface area contributed by atoms with Gasteiger partial charge in [-0.15, -0.1) is 0 Å². The predicted molar refractivity (Wildman–Crippen MR) is 113 cm³/mol. The third kappa shape index (κ3) is 4.43. The second kappa shape index (κ2) is 8.56. The number of rotatable bonds is 7. The van der Waals surface area contributed by atoms with Crippen LogP contribution in [0, 0.1) is 5.82 Å². The van der Waals surface area contributed by atoms with Gasteiger partial charge in [-0.05, 0) is 60.9 Å². The van der Waals surface area contributed by atoms with E-state index in [9.17, 15) is 9.18 Å². The standard InChI is InChI=1S/C23H21FN4O/c24-16-12-13-20-19(15-16)18(23(26-20)21-10-4-5-14-25-21)9-6-11-22(29)28-27-17-7-2-1-3-8-17/h1-5,7-8,10,12-15,26-27H,6,9,11H2,(H,28,29). The first-order chi connectivity index (χ1) is 14.2. The number of carbonyl (C=O) groups excluding carboxylic acids is 1. The second-order valence-corrected chi connectivity index (χ2v) is 6.78. The fraction of sp³-hybridized carbons (Fsp3) is 0.130. The van der Waals surface area contributed by atoms with Crippen molar-refractivity contribution in [1.29, 1.82) is 0 Å². The van der Waals surface area contributed by atoms with Crippen molar-refractivity contribution in [3.63, 3.8) is 0 Å².